The fourth-order valence-corrected chi connectivity index (χ4v) is 2.38. The molecule has 0 fully saturated rings. The highest BCUT2D eigenvalue weighted by Crippen LogP contribution is 2.28. The molecule has 20 heavy (non-hydrogen) atoms. The minimum atomic E-state index is -1.09. The van der Waals surface area contributed by atoms with Gasteiger partial charge in [-0.05, 0) is 24.1 Å². The van der Waals surface area contributed by atoms with Crippen LogP contribution in [0, 0.1) is 5.82 Å². The molecule has 104 valence electrons. The molecule has 0 spiro atoms. The molecule has 1 aromatic carbocycles. The van der Waals surface area contributed by atoms with Gasteiger partial charge < -0.3 is 10.0 Å². The summed E-state index contributed by atoms with van der Waals surface area (Å²) in [6.45, 7) is 1.98. The normalized spacial score (nSPS) is 13.6. The Bertz CT molecular complexity index is 656. The van der Waals surface area contributed by atoms with E-state index in [0.29, 0.717) is 13.1 Å². The molecule has 0 atom stereocenters. The van der Waals surface area contributed by atoms with E-state index in [0.717, 1.165) is 24.2 Å². The van der Waals surface area contributed by atoms with E-state index in [1.165, 1.54) is 23.0 Å². The molecule has 6 nitrogen and oxygen atoms in total. The SMILES string of the molecule is O=C(O)c1cn(CCN2CCc3ccc(F)cc32)nn1. The van der Waals surface area contributed by atoms with Crippen molar-refractivity contribution in [3.63, 3.8) is 0 Å². The van der Waals surface area contributed by atoms with Crippen molar-refractivity contribution < 1.29 is 14.3 Å². The van der Waals surface area contributed by atoms with Crippen LogP contribution in [0.1, 0.15) is 16.1 Å². The zero-order valence-electron chi connectivity index (χ0n) is 10.7. The molecular formula is C13H13FN4O2. The van der Waals surface area contributed by atoms with Gasteiger partial charge in [0.1, 0.15) is 5.82 Å². The molecule has 1 aliphatic rings. The number of aromatic carboxylic acids is 1. The summed E-state index contributed by atoms with van der Waals surface area (Å²) in [5.74, 6) is -1.34. The molecule has 0 aliphatic carbocycles. The van der Waals surface area contributed by atoms with Crippen LogP contribution in [0.2, 0.25) is 0 Å². The summed E-state index contributed by atoms with van der Waals surface area (Å²) in [5.41, 5.74) is 1.97. The molecule has 1 N–H and O–H groups in total. The molecule has 0 radical (unpaired) electrons. The maximum Gasteiger partial charge on any atom is 0.358 e. The first-order valence-electron chi connectivity index (χ1n) is 6.30. The van der Waals surface area contributed by atoms with Crippen molar-refractivity contribution in [3.05, 3.63) is 41.5 Å². The van der Waals surface area contributed by atoms with Crippen LogP contribution in [0.15, 0.2) is 24.4 Å². The number of carboxylic acid groups (broad SMARTS) is 1. The Morgan fingerprint density at radius 2 is 2.25 bits per heavy atom. The zero-order chi connectivity index (χ0) is 14.1. The average molecular weight is 276 g/mol. The summed E-state index contributed by atoms with van der Waals surface area (Å²) in [4.78, 5) is 12.8. The van der Waals surface area contributed by atoms with Crippen LogP contribution in [0.5, 0.6) is 0 Å². The predicted molar refractivity (Wildman–Crippen MR) is 69.3 cm³/mol. The first kappa shape index (κ1) is 12.6. The number of carboxylic acids is 1. The number of hydrogen-bond acceptors (Lipinski definition) is 4. The maximum atomic E-state index is 13.3. The van der Waals surface area contributed by atoms with Crippen LogP contribution >= 0.6 is 0 Å². The monoisotopic (exact) mass is 276 g/mol. The number of aromatic nitrogens is 3. The first-order valence-corrected chi connectivity index (χ1v) is 6.30. The second kappa shape index (κ2) is 4.92. The van der Waals surface area contributed by atoms with Crippen molar-refractivity contribution in [2.24, 2.45) is 0 Å². The number of hydrogen-bond donors (Lipinski definition) is 1. The van der Waals surface area contributed by atoms with E-state index in [9.17, 15) is 9.18 Å². The van der Waals surface area contributed by atoms with Gasteiger partial charge in [0.15, 0.2) is 5.69 Å². The zero-order valence-corrected chi connectivity index (χ0v) is 10.7. The number of nitrogens with zero attached hydrogens (tertiary/aromatic N) is 4. The van der Waals surface area contributed by atoms with E-state index in [4.69, 9.17) is 5.11 Å². The van der Waals surface area contributed by atoms with Crippen LogP contribution in [0.4, 0.5) is 10.1 Å². The van der Waals surface area contributed by atoms with Gasteiger partial charge in [-0.2, -0.15) is 0 Å². The molecule has 0 saturated carbocycles. The number of rotatable bonds is 4. The number of fused-ring (bicyclic) bond motifs is 1. The molecule has 7 heteroatoms. The predicted octanol–water partition coefficient (Wildman–Crippen LogP) is 1.18. The van der Waals surface area contributed by atoms with Crippen LogP contribution in [-0.4, -0.2) is 39.2 Å². The largest absolute Gasteiger partial charge is 0.476 e. The van der Waals surface area contributed by atoms with Gasteiger partial charge >= 0.3 is 5.97 Å². The minimum Gasteiger partial charge on any atom is -0.476 e. The Labute approximate surface area is 114 Å². The fourth-order valence-electron chi connectivity index (χ4n) is 2.38. The average Bonchev–Trinajstić information content (AvgIpc) is 3.02. The first-order chi connectivity index (χ1) is 9.63. The quantitative estimate of drug-likeness (QED) is 0.908. The molecule has 0 amide bonds. The lowest BCUT2D eigenvalue weighted by Gasteiger charge is -2.19. The number of halogens is 1. The third-order valence-corrected chi connectivity index (χ3v) is 3.40. The van der Waals surface area contributed by atoms with Crippen molar-refractivity contribution in [2.75, 3.05) is 18.0 Å². The second-order valence-electron chi connectivity index (χ2n) is 4.68. The van der Waals surface area contributed by atoms with Crippen LogP contribution in [-0.2, 0) is 13.0 Å². The Kier molecular flexibility index (Phi) is 3.09. The second-order valence-corrected chi connectivity index (χ2v) is 4.68. The van der Waals surface area contributed by atoms with Gasteiger partial charge in [-0.25, -0.2) is 13.9 Å². The van der Waals surface area contributed by atoms with Gasteiger partial charge in [-0.1, -0.05) is 11.3 Å². The van der Waals surface area contributed by atoms with E-state index in [-0.39, 0.29) is 11.5 Å². The highest BCUT2D eigenvalue weighted by atomic mass is 19.1. The van der Waals surface area contributed by atoms with Gasteiger partial charge in [0.2, 0.25) is 0 Å². The lowest BCUT2D eigenvalue weighted by molar-refractivity contribution is 0.0690. The third-order valence-electron chi connectivity index (χ3n) is 3.40. The van der Waals surface area contributed by atoms with Crippen LogP contribution in [0.3, 0.4) is 0 Å². The smallest absolute Gasteiger partial charge is 0.358 e. The van der Waals surface area contributed by atoms with E-state index >= 15 is 0 Å². The summed E-state index contributed by atoms with van der Waals surface area (Å²) < 4.78 is 14.8. The van der Waals surface area contributed by atoms with Gasteiger partial charge in [-0.3, -0.25) is 0 Å². The number of carbonyl (C=O) groups is 1. The highest BCUT2D eigenvalue weighted by Gasteiger charge is 2.19. The lowest BCUT2D eigenvalue weighted by Crippen LogP contribution is -2.25. The summed E-state index contributed by atoms with van der Waals surface area (Å²) in [6.07, 6.45) is 2.29. The molecule has 1 aliphatic heterocycles. The molecule has 0 unspecified atom stereocenters. The van der Waals surface area contributed by atoms with Crippen molar-refractivity contribution in [3.8, 4) is 0 Å². The van der Waals surface area contributed by atoms with E-state index in [1.54, 1.807) is 0 Å². The van der Waals surface area contributed by atoms with Gasteiger partial charge in [0.25, 0.3) is 0 Å². The van der Waals surface area contributed by atoms with Crippen molar-refractivity contribution in [2.45, 2.75) is 13.0 Å². The Morgan fingerprint density at radius 1 is 1.40 bits per heavy atom. The summed E-state index contributed by atoms with van der Waals surface area (Å²) in [5, 5.41) is 16.1. The fraction of sp³-hybridized carbons (Fsp3) is 0.308. The van der Waals surface area contributed by atoms with Crippen molar-refractivity contribution in [1.29, 1.82) is 0 Å². The van der Waals surface area contributed by atoms with Crippen LogP contribution < -0.4 is 4.90 Å². The highest BCUT2D eigenvalue weighted by molar-refractivity contribution is 5.84. The lowest BCUT2D eigenvalue weighted by atomic mass is 10.2. The van der Waals surface area contributed by atoms with Crippen LogP contribution in [0.25, 0.3) is 0 Å². The molecule has 0 saturated heterocycles. The molecular weight excluding hydrogens is 263 g/mol. The Hall–Kier alpha value is -2.44. The van der Waals surface area contributed by atoms with E-state index in [1.807, 2.05) is 6.07 Å². The summed E-state index contributed by atoms with van der Waals surface area (Å²) in [6, 6.07) is 4.81. The number of benzene rings is 1. The molecule has 1 aromatic heterocycles. The van der Waals surface area contributed by atoms with E-state index < -0.39 is 5.97 Å². The summed E-state index contributed by atoms with van der Waals surface area (Å²) >= 11 is 0. The summed E-state index contributed by atoms with van der Waals surface area (Å²) in [7, 11) is 0. The van der Waals surface area contributed by atoms with Gasteiger partial charge in [-0.15, -0.1) is 5.10 Å². The molecule has 3 rings (SSSR count). The Morgan fingerprint density at radius 3 is 3.00 bits per heavy atom. The molecule has 2 aromatic rings. The minimum absolute atomic E-state index is 0.0714. The molecule has 0 bridgehead atoms. The molecule has 2 heterocycles. The van der Waals surface area contributed by atoms with Crippen molar-refractivity contribution in [1.82, 2.24) is 15.0 Å². The van der Waals surface area contributed by atoms with Crippen molar-refractivity contribution >= 4 is 11.7 Å². The topological polar surface area (TPSA) is 71.2 Å². The van der Waals surface area contributed by atoms with Gasteiger partial charge in [0.05, 0.1) is 12.7 Å². The third kappa shape index (κ3) is 2.34. The van der Waals surface area contributed by atoms with Gasteiger partial charge in [0, 0.05) is 18.8 Å². The maximum absolute atomic E-state index is 13.3. The number of anilines is 1. The Balaban J connectivity index is 1.68. The van der Waals surface area contributed by atoms with E-state index in [2.05, 4.69) is 15.2 Å². The standard InChI is InChI=1S/C13H13FN4O2/c14-10-2-1-9-3-4-17(12(9)7-10)5-6-18-8-11(13(19)20)15-16-18/h1-2,7-8H,3-6H2,(H,19,20).